The number of Topliss-reactive ketones (excluding diaryl/α,β-unsaturated/α-hetero) is 1. The van der Waals surface area contributed by atoms with Crippen molar-refractivity contribution in [2.24, 2.45) is 5.41 Å². The Morgan fingerprint density at radius 1 is 1.20 bits per heavy atom. The quantitative estimate of drug-likeness (QED) is 0.873. The van der Waals surface area contributed by atoms with Gasteiger partial charge in [-0.1, -0.05) is 5.57 Å². The normalized spacial score (nSPS) is 25.6. The molecule has 0 saturated heterocycles. The number of carbonyl (C=O) groups excluding carboxylic acids is 1. The molecule has 1 aromatic carbocycles. The van der Waals surface area contributed by atoms with Crippen LogP contribution in [0.4, 0.5) is 10.1 Å². The Hall–Kier alpha value is -1.90. The summed E-state index contributed by atoms with van der Waals surface area (Å²) in [5, 5.41) is 3.33. The molecule has 1 unspecified atom stereocenters. The van der Waals surface area contributed by atoms with Crippen molar-refractivity contribution in [3.63, 3.8) is 0 Å². The van der Waals surface area contributed by atoms with Crippen LogP contribution >= 0.6 is 0 Å². The Labute approximate surface area is 118 Å². The van der Waals surface area contributed by atoms with E-state index in [0.29, 0.717) is 12.2 Å². The topological polar surface area (TPSA) is 29.1 Å². The monoisotopic (exact) mass is 271 g/mol. The highest BCUT2D eigenvalue weighted by atomic mass is 19.1. The van der Waals surface area contributed by atoms with Crippen LogP contribution in [0.25, 0.3) is 0 Å². The van der Waals surface area contributed by atoms with Gasteiger partial charge in [0, 0.05) is 17.8 Å². The largest absolute Gasteiger partial charge is 0.356 e. The Morgan fingerprint density at radius 2 is 1.90 bits per heavy atom. The lowest BCUT2D eigenvalue weighted by Crippen LogP contribution is -2.27. The molecule has 3 heteroatoms. The molecule has 0 heterocycles. The van der Waals surface area contributed by atoms with E-state index in [9.17, 15) is 9.18 Å². The molecular formula is C17H18FNO. The van der Waals surface area contributed by atoms with Gasteiger partial charge in [0.25, 0.3) is 0 Å². The van der Waals surface area contributed by atoms with Crippen molar-refractivity contribution in [2.75, 3.05) is 5.32 Å². The number of fused-ring (bicyclic) bond motifs is 1. The second-order valence-corrected chi connectivity index (χ2v) is 5.93. The summed E-state index contributed by atoms with van der Waals surface area (Å²) in [5.41, 5.74) is 4.01. The highest BCUT2D eigenvalue weighted by Crippen LogP contribution is 2.48. The fourth-order valence-corrected chi connectivity index (χ4v) is 3.18. The number of anilines is 1. The summed E-state index contributed by atoms with van der Waals surface area (Å²) in [4.78, 5) is 12.1. The van der Waals surface area contributed by atoms with Crippen molar-refractivity contribution in [3.05, 3.63) is 53.0 Å². The third-order valence-corrected chi connectivity index (χ3v) is 4.47. The van der Waals surface area contributed by atoms with Crippen LogP contribution in [0.1, 0.15) is 33.1 Å². The molecule has 1 aromatic rings. The van der Waals surface area contributed by atoms with Gasteiger partial charge in [-0.05, 0) is 62.6 Å². The molecule has 1 N–H and O–H groups in total. The minimum Gasteiger partial charge on any atom is -0.356 e. The molecule has 0 aliphatic heterocycles. The van der Waals surface area contributed by atoms with Crippen molar-refractivity contribution < 1.29 is 9.18 Å². The zero-order chi connectivity index (χ0) is 14.3. The standard InChI is InChI=1S/C17H18FNO/c1-11-10-17(2)12(3-8-16(17)20)9-15(11)19-14-6-4-13(18)5-7-14/h4-7,9,19H,3,8,10H2,1-2H3. The first-order valence-corrected chi connectivity index (χ1v) is 6.96. The first-order valence-electron chi connectivity index (χ1n) is 6.96. The Kier molecular flexibility index (Phi) is 3.00. The maximum Gasteiger partial charge on any atom is 0.143 e. The van der Waals surface area contributed by atoms with E-state index in [1.807, 2.05) is 6.92 Å². The maximum atomic E-state index is 12.9. The van der Waals surface area contributed by atoms with Crippen LogP contribution in [0, 0.1) is 11.2 Å². The summed E-state index contributed by atoms with van der Waals surface area (Å²) in [5.74, 6) is 0.112. The second-order valence-electron chi connectivity index (χ2n) is 5.93. The van der Waals surface area contributed by atoms with Gasteiger partial charge >= 0.3 is 0 Å². The molecular weight excluding hydrogens is 253 g/mol. The lowest BCUT2D eigenvalue weighted by atomic mass is 9.74. The van der Waals surface area contributed by atoms with Crippen molar-refractivity contribution in [1.29, 1.82) is 0 Å². The molecule has 0 bridgehead atoms. The summed E-state index contributed by atoms with van der Waals surface area (Å²) in [7, 11) is 0. The number of halogens is 1. The van der Waals surface area contributed by atoms with Gasteiger partial charge in [-0.25, -0.2) is 4.39 Å². The number of hydrogen-bond acceptors (Lipinski definition) is 2. The minimum absolute atomic E-state index is 0.239. The third kappa shape index (κ3) is 2.07. The van der Waals surface area contributed by atoms with E-state index in [2.05, 4.69) is 18.3 Å². The molecule has 2 aliphatic rings. The van der Waals surface area contributed by atoms with E-state index < -0.39 is 0 Å². The van der Waals surface area contributed by atoms with E-state index in [1.165, 1.54) is 23.3 Å². The van der Waals surface area contributed by atoms with Gasteiger partial charge < -0.3 is 5.32 Å². The van der Waals surface area contributed by atoms with Crippen LogP contribution < -0.4 is 5.32 Å². The third-order valence-electron chi connectivity index (χ3n) is 4.47. The van der Waals surface area contributed by atoms with Gasteiger partial charge in [0.15, 0.2) is 0 Å². The van der Waals surface area contributed by atoms with Crippen LogP contribution in [0.15, 0.2) is 47.2 Å². The molecule has 1 fully saturated rings. The molecule has 104 valence electrons. The molecule has 0 radical (unpaired) electrons. The summed E-state index contributed by atoms with van der Waals surface area (Å²) in [6, 6.07) is 6.33. The average Bonchev–Trinajstić information content (AvgIpc) is 2.69. The van der Waals surface area contributed by atoms with Gasteiger partial charge in [0.05, 0.1) is 5.41 Å². The fourth-order valence-electron chi connectivity index (χ4n) is 3.18. The van der Waals surface area contributed by atoms with Crippen molar-refractivity contribution in [2.45, 2.75) is 33.1 Å². The molecule has 2 nitrogen and oxygen atoms in total. The van der Waals surface area contributed by atoms with Crippen molar-refractivity contribution in [1.82, 2.24) is 0 Å². The molecule has 1 atom stereocenters. The lowest BCUT2D eigenvalue weighted by molar-refractivity contribution is -0.123. The van der Waals surface area contributed by atoms with Crippen LogP contribution in [0.2, 0.25) is 0 Å². The lowest BCUT2D eigenvalue weighted by Gasteiger charge is -2.30. The van der Waals surface area contributed by atoms with Crippen LogP contribution in [0.5, 0.6) is 0 Å². The molecule has 2 aliphatic carbocycles. The highest BCUT2D eigenvalue weighted by molar-refractivity contribution is 5.92. The number of hydrogen-bond donors (Lipinski definition) is 1. The summed E-state index contributed by atoms with van der Waals surface area (Å²) >= 11 is 0. The number of carbonyl (C=O) groups is 1. The molecule has 0 spiro atoms. The highest BCUT2D eigenvalue weighted by Gasteiger charge is 2.43. The number of nitrogens with one attached hydrogen (secondary N) is 1. The Morgan fingerprint density at radius 3 is 2.60 bits per heavy atom. The number of rotatable bonds is 2. The number of ketones is 1. The maximum absolute atomic E-state index is 12.9. The minimum atomic E-state index is -0.294. The first-order chi connectivity index (χ1) is 9.49. The molecule has 1 saturated carbocycles. The zero-order valence-electron chi connectivity index (χ0n) is 11.8. The zero-order valence-corrected chi connectivity index (χ0v) is 11.8. The van der Waals surface area contributed by atoms with E-state index >= 15 is 0 Å². The van der Waals surface area contributed by atoms with Gasteiger partial charge in [-0.2, -0.15) is 0 Å². The summed E-state index contributed by atoms with van der Waals surface area (Å²) in [6.07, 6.45) is 4.39. The number of benzene rings is 1. The van der Waals surface area contributed by atoms with Crippen LogP contribution in [-0.2, 0) is 4.79 Å². The SMILES string of the molecule is CC1=C(Nc2ccc(F)cc2)C=C2CCC(=O)C2(C)C1. The van der Waals surface area contributed by atoms with Gasteiger partial charge in [-0.3, -0.25) is 4.79 Å². The van der Waals surface area contributed by atoms with E-state index in [-0.39, 0.29) is 11.2 Å². The number of allylic oxidation sites excluding steroid dienone is 3. The van der Waals surface area contributed by atoms with Gasteiger partial charge in [0.1, 0.15) is 11.6 Å². The van der Waals surface area contributed by atoms with Crippen molar-refractivity contribution >= 4 is 11.5 Å². The van der Waals surface area contributed by atoms with E-state index in [1.54, 1.807) is 12.1 Å². The van der Waals surface area contributed by atoms with E-state index in [4.69, 9.17) is 0 Å². The molecule has 20 heavy (non-hydrogen) atoms. The van der Waals surface area contributed by atoms with E-state index in [0.717, 1.165) is 24.2 Å². The van der Waals surface area contributed by atoms with Gasteiger partial charge in [0.2, 0.25) is 0 Å². The van der Waals surface area contributed by atoms with Crippen LogP contribution in [0.3, 0.4) is 0 Å². The second kappa shape index (κ2) is 4.58. The molecule has 3 rings (SSSR count). The fraction of sp³-hybridized carbons (Fsp3) is 0.353. The van der Waals surface area contributed by atoms with Gasteiger partial charge in [-0.15, -0.1) is 0 Å². The molecule has 0 amide bonds. The van der Waals surface area contributed by atoms with Crippen molar-refractivity contribution in [3.8, 4) is 0 Å². The molecule has 0 aromatic heterocycles. The Bertz CT molecular complexity index is 627. The van der Waals surface area contributed by atoms with Crippen LogP contribution in [-0.4, -0.2) is 5.78 Å². The summed E-state index contributed by atoms with van der Waals surface area (Å²) < 4.78 is 12.9. The predicted molar refractivity (Wildman–Crippen MR) is 77.8 cm³/mol. The predicted octanol–water partition coefficient (Wildman–Crippen LogP) is 4.21. The first kappa shape index (κ1) is 13.1. The summed E-state index contributed by atoms with van der Waals surface area (Å²) in [6.45, 7) is 4.10. The Balaban J connectivity index is 1.88. The average molecular weight is 271 g/mol. The smallest absolute Gasteiger partial charge is 0.143 e.